The smallest absolute Gasteiger partial charge is 0.335 e. The molecule has 0 aliphatic carbocycles. The van der Waals surface area contributed by atoms with Crippen molar-refractivity contribution in [2.75, 3.05) is 0 Å². The summed E-state index contributed by atoms with van der Waals surface area (Å²) in [5.74, 6) is -1.03. The fraction of sp³-hybridized carbons (Fsp3) is 0.154. The van der Waals surface area contributed by atoms with Gasteiger partial charge in [-0.15, -0.1) is 0 Å². The van der Waals surface area contributed by atoms with E-state index < -0.39 is 5.97 Å². The van der Waals surface area contributed by atoms with Crippen LogP contribution in [-0.2, 0) is 6.54 Å². The second-order valence-corrected chi connectivity index (χ2v) is 4.28. The van der Waals surface area contributed by atoms with E-state index in [1.54, 1.807) is 6.20 Å². The van der Waals surface area contributed by atoms with Gasteiger partial charge in [0.1, 0.15) is 5.75 Å². The number of aromatic nitrogens is 2. The normalized spacial score (nSPS) is 10.3. The Hall–Kier alpha value is -2.34. The number of nitrogens with zero attached hydrogens (tertiary/aromatic N) is 2. The maximum absolute atomic E-state index is 11.9. The van der Waals surface area contributed by atoms with Crippen LogP contribution >= 0.6 is 11.6 Å². The predicted molar refractivity (Wildman–Crippen MR) is 72.7 cm³/mol. The lowest BCUT2D eigenvalue weighted by Crippen LogP contribution is -2.20. The van der Waals surface area contributed by atoms with Crippen LogP contribution in [0.2, 0.25) is 5.02 Å². The van der Waals surface area contributed by atoms with E-state index >= 15 is 0 Å². The van der Waals surface area contributed by atoms with Crippen molar-refractivity contribution in [2.24, 2.45) is 0 Å². The molecule has 1 N–H and O–H groups in total. The summed E-state index contributed by atoms with van der Waals surface area (Å²) in [4.78, 5) is 26.6. The lowest BCUT2D eigenvalue weighted by Gasteiger charge is -2.08. The zero-order valence-corrected chi connectivity index (χ0v) is 11.3. The highest BCUT2D eigenvalue weighted by Crippen LogP contribution is 2.28. The Morgan fingerprint density at radius 2 is 2.25 bits per heavy atom. The molecule has 0 atom stereocenters. The number of carbonyl (C=O) groups is 1. The van der Waals surface area contributed by atoms with Crippen molar-refractivity contribution in [3.05, 3.63) is 51.5 Å². The Kier molecular flexibility index (Phi) is 4.05. The molecule has 0 spiro atoms. The highest BCUT2D eigenvalue weighted by Gasteiger charge is 2.12. The Morgan fingerprint density at radius 1 is 1.50 bits per heavy atom. The van der Waals surface area contributed by atoms with Crippen LogP contribution in [0.3, 0.4) is 0 Å². The summed E-state index contributed by atoms with van der Waals surface area (Å²) in [5, 5.41) is 8.93. The lowest BCUT2D eigenvalue weighted by atomic mass is 10.2. The van der Waals surface area contributed by atoms with Crippen LogP contribution in [0.15, 0.2) is 35.4 Å². The van der Waals surface area contributed by atoms with Gasteiger partial charge in [0.05, 0.1) is 10.6 Å². The SMILES string of the molecule is CCn1ccnc(Oc2ccc(C(=O)O)cc2Cl)c1=O. The van der Waals surface area contributed by atoms with Crippen LogP contribution < -0.4 is 10.3 Å². The summed E-state index contributed by atoms with van der Waals surface area (Å²) in [6.45, 7) is 2.31. The molecule has 1 heterocycles. The van der Waals surface area contributed by atoms with Crippen molar-refractivity contribution in [1.82, 2.24) is 9.55 Å². The first-order valence-electron chi connectivity index (χ1n) is 5.79. The van der Waals surface area contributed by atoms with Gasteiger partial charge in [0.25, 0.3) is 5.88 Å². The van der Waals surface area contributed by atoms with Crippen molar-refractivity contribution in [2.45, 2.75) is 13.5 Å². The van der Waals surface area contributed by atoms with E-state index in [4.69, 9.17) is 21.4 Å². The summed E-state index contributed by atoms with van der Waals surface area (Å²) < 4.78 is 6.78. The topological polar surface area (TPSA) is 81.4 Å². The summed E-state index contributed by atoms with van der Waals surface area (Å²) in [5.41, 5.74) is -0.345. The molecule has 0 saturated heterocycles. The number of aromatic carboxylic acids is 1. The molecule has 2 aromatic rings. The molecule has 1 aromatic carbocycles. The first kappa shape index (κ1) is 14.1. The van der Waals surface area contributed by atoms with Gasteiger partial charge in [0.15, 0.2) is 0 Å². The number of rotatable bonds is 4. The van der Waals surface area contributed by atoms with Crippen molar-refractivity contribution in [1.29, 1.82) is 0 Å². The number of hydrogen-bond acceptors (Lipinski definition) is 4. The highest BCUT2D eigenvalue weighted by molar-refractivity contribution is 6.32. The van der Waals surface area contributed by atoms with Crippen molar-refractivity contribution in [3.63, 3.8) is 0 Å². The molecule has 20 heavy (non-hydrogen) atoms. The molecule has 0 saturated carbocycles. The van der Waals surface area contributed by atoms with Crippen LogP contribution in [0.25, 0.3) is 0 Å². The van der Waals surface area contributed by atoms with Crippen molar-refractivity contribution in [3.8, 4) is 11.6 Å². The van der Waals surface area contributed by atoms with E-state index in [0.29, 0.717) is 6.54 Å². The molecule has 0 aliphatic rings. The first-order valence-corrected chi connectivity index (χ1v) is 6.17. The summed E-state index contributed by atoms with van der Waals surface area (Å²) in [6, 6.07) is 3.97. The number of ether oxygens (including phenoxy) is 1. The average molecular weight is 295 g/mol. The minimum absolute atomic E-state index is 0.0364. The molecular weight excluding hydrogens is 284 g/mol. The Balaban J connectivity index is 2.36. The molecular formula is C13H11ClN2O4. The third-order valence-corrected chi connectivity index (χ3v) is 2.90. The van der Waals surface area contributed by atoms with Gasteiger partial charge < -0.3 is 14.4 Å². The second kappa shape index (κ2) is 5.75. The molecule has 0 bridgehead atoms. The Morgan fingerprint density at radius 3 is 2.85 bits per heavy atom. The quantitative estimate of drug-likeness (QED) is 0.936. The number of carboxylic acids is 1. The molecule has 1 aromatic heterocycles. The van der Waals surface area contributed by atoms with Gasteiger partial charge in [-0.1, -0.05) is 11.6 Å². The van der Waals surface area contributed by atoms with E-state index in [1.807, 2.05) is 6.92 Å². The van der Waals surface area contributed by atoms with Gasteiger partial charge >= 0.3 is 11.5 Å². The highest BCUT2D eigenvalue weighted by atomic mass is 35.5. The van der Waals surface area contributed by atoms with Crippen LogP contribution in [0, 0.1) is 0 Å². The molecule has 0 unspecified atom stereocenters. The standard InChI is InChI=1S/C13H11ClN2O4/c1-2-16-6-5-15-11(12(16)17)20-10-4-3-8(13(18)19)7-9(10)14/h3-7H,2H2,1H3,(H,18,19). The first-order chi connectivity index (χ1) is 9.52. The molecule has 0 fully saturated rings. The Labute approximate surface area is 119 Å². The zero-order chi connectivity index (χ0) is 14.7. The Bertz CT molecular complexity index is 712. The van der Waals surface area contributed by atoms with Gasteiger partial charge in [-0.25, -0.2) is 9.78 Å². The molecule has 0 radical (unpaired) electrons. The third kappa shape index (κ3) is 2.80. The van der Waals surface area contributed by atoms with Crippen molar-refractivity contribution >= 4 is 17.6 Å². The summed E-state index contributed by atoms with van der Waals surface area (Å²) >= 11 is 5.92. The molecule has 2 rings (SSSR count). The van der Waals surface area contributed by atoms with E-state index in [1.165, 1.54) is 29.0 Å². The zero-order valence-electron chi connectivity index (χ0n) is 10.5. The number of halogens is 1. The maximum Gasteiger partial charge on any atom is 0.335 e. The summed E-state index contributed by atoms with van der Waals surface area (Å²) in [7, 11) is 0. The fourth-order valence-electron chi connectivity index (χ4n) is 1.57. The fourth-order valence-corrected chi connectivity index (χ4v) is 1.79. The monoisotopic (exact) mass is 294 g/mol. The lowest BCUT2D eigenvalue weighted by molar-refractivity contribution is 0.0697. The number of aryl methyl sites for hydroxylation is 1. The number of benzene rings is 1. The van der Waals surface area contributed by atoms with E-state index in [2.05, 4.69) is 4.98 Å². The predicted octanol–water partition coefficient (Wildman–Crippen LogP) is 2.41. The minimum Gasteiger partial charge on any atom is -0.478 e. The van der Waals surface area contributed by atoms with Crippen LogP contribution in [0.5, 0.6) is 11.6 Å². The van der Waals surface area contributed by atoms with E-state index in [9.17, 15) is 9.59 Å². The largest absolute Gasteiger partial charge is 0.478 e. The maximum atomic E-state index is 11.9. The molecule has 0 amide bonds. The third-order valence-electron chi connectivity index (χ3n) is 2.61. The number of carboxylic acid groups (broad SMARTS) is 1. The van der Waals surface area contributed by atoms with Gasteiger partial charge in [-0.3, -0.25) is 4.79 Å². The number of hydrogen-bond donors (Lipinski definition) is 1. The molecule has 7 heteroatoms. The average Bonchev–Trinajstić information content (AvgIpc) is 2.43. The molecule has 6 nitrogen and oxygen atoms in total. The molecule has 0 aliphatic heterocycles. The second-order valence-electron chi connectivity index (χ2n) is 3.88. The van der Waals surface area contributed by atoms with Crippen LogP contribution in [0.4, 0.5) is 0 Å². The van der Waals surface area contributed by atoms with Gasteiger partial charge in [0.2, 0.25) is 0 Å². The van der Waals surface area contributed by atoms with Gasteiger partial charge in [0, 0.05) is 18.9 Å². The minimum atomic E-state index is -1.09. The van der Waals surface area contributed by atoms with Crippen molar-refractivity contribution < 1.29 is 14.6 Å². The van der Waals surface area contributed by atoms with Gasteiger partial charge in [-0.2, -0.15) is 0 Å². The van der Waals surface area contributed by atoms with Gasteiger partial charge in [-0.05, 0) is 25.1 Å². The van der Waals surface area contributed by atoms with Crippen LogP contribution in [0.1, 0.15) is 17.3 Å². The van der Waals surface area contributed by atoms with E-state index in [0.717, 1.165) is 0 Å². The summed E-state index contributed by atoms with van der Waals surface area (Å²) in [6.07, 6.45) is 2.99. The van der Waals surface area contributed by atoms with E-state index in [-0.39, 0.29) is 27.8 Å². The molecule has 104 valence electrons. The van der Waals surface area contributed by atoms with Crippen LogP contribution in [-0.4, -0.2) is 20.6 Å².